The van der Waals surface area contributed by atoms with E-state index in [9.17, 15) is 14.9 Å². The van der Waals surface area contributed by atoms with Crippen molar-refractivity contribution in [2.24, 2.45) is 7.05 Å². The summed E-state index contributed by atoms with van der Waals surface area (Å²) in [6.45, 7) is 1.82. The number of benzene rings is 2. The second-order valence-corrected chi connectivity index (χ2v) is 7.92. The number of nitrogens with zero attached hydrogens (tertiary/aromatic N) is 4. The van der Waals surface area contributed by atoms with Gasteiger partial charge in [-0.25, -0.2) is 0 Å². The van der Waals surface area contributed by atoms with Crippen LogP contribution in [-0.2, 0) is 11.8 Å². The lowest BCUT2D eigenvalue weighted by atomic mass is 10.2. The highest BCUT2D eigenvalue weighted by Gasteiger charge is 2.19. The zero-order chi connectivity index (χ0) is 23.3. The van der Waals surface area contributed by atoms with Crippen LogP contribution in [0.3, 0.4) is 0 Å². The molecule has 2 aromatic carbocycles. The highest BCUT2D eigenvalue weighted by Crippen LogP contribution is 2.30. The Balaban J connectivity index is 1.64. The van der Waals surface area contributed by atoms with E-state index in [1.165, 1.54) is 37.1 Å². The van der Waals surface area contributed by atoms with Crippen LogP contribution in [0.25, 0.3) is 0 Å². The van der Waals surface area contributed by atoms with E-state index in [1.807, 2.05) is 19.1 Å². The van der Waals surface area contributed by atoms with Gasteiger partial charge in [-0.1, -0.05) is 35.5 Å². The predicted molar refractivity (Wildman–Crippen MR) is 121 cm³/mol. The van der Waals surface area contributed by atoms with Gasteiger partial charge in [0.25, 0.3) is 5.69 Å². The normalized spacial score (nSPS) is 11.6. The molecule has 1 aromatic heterocycles. The average Bonchev–Trinajstić information content (AvgIpc) is 3.14. The molecule has 1 heterocycles. The van der Waals surface area contributed by atoms with Crippen LogP contribution in [0.4, 0.5) is 11.4 Å². The van der Waals surface area contributed by atoms with Crippen LogP contribution in [-0.4, -0.2) is 38.5 Å². The minimum absolute atomic E-state index is 0.0115. The molecular formula is C20H20ClN5O5S. The Bertz CT molecular complexity index is 1140. The number of thioether (sulfide) groups is 1. The largest absolute Gasteiger partial charge is 0.495 e. The maximum absolute atomic E-state index is 12.4. The smallest absolute Gasteiger partial charge is 0.271 e. The number of methoxy groups -OCH3 is 1. The molecule has 0 aliphatic rings. The van der Waals surface area contributed by atoms with E-state index in [1.54, 1.807) is 23.7 Å². The number of hydrogen-bond donors (Lipinski definition) is 1. The molecule has 0 spiro atoms. The highest BCUT2D eigenvalue weighted by molar-refractivity contribution is 7.99. The molecule has 12 heteroatoms. The summed E-state index contributed by atoms with van der Waals surface area (Å²) in [6, 6.07) is 11.1. The first kappa shape index (κ1) is 23.4. The molecule has 0 radical (unpaired) electrons. The summed E-state index contributed by atoms with van der Waals surface area (Å²) in [4.78, 5) is 22.9. The fraction of sp³-hybridized carbons (Fsp3) is 0.250. The van der Waals surface area contributed by atoms with Gasteiger partial charge in [0.2, 0.25) is 5.91 Å². The first-order chi connectivity index (χ1) is 15.3. The number of carbonyl (C=O) groups excluding carboxylic acids is 1. The summed E-state index contributed by atoms with van der Waals surface area (Å²) in [5.74, 6) is 1.05. The number of para-hydroxylation sites is 1. The molecule has 3 aromatic rings. The van der Waals surface area contributed by atoms with Gasteiger partial charge in [-0.2, -0.15) is 0 Å². The van der Waals surface area contributed by atoms with E-state index in [4.69, 9.17) is 21.1 Å². The Labute approximate surface area is 193 Å². The van der Waals surface area contributed by atoms with Gasteiger partial charge in [-0.3, -0.25) is 14.9 Å². The Morgan fingerprint density at radius 3 is 2.72 bits per heavy atom. The molecule has 0 bridgehead atoms. The number of nitrogens with one attached hydrogen (secondary N) is 1. The quantitative estimate of drug-likeness (QED) is 0.275. The topological polar surface area (TPSA) is 121 Å². The van der Waals surface area contributed by atoms with Crippen LogP contribution in [0.15, 0.2) is 47.6 Å². The van der Waals surface area contributed by atoms with E-state index in [-0.39, 0.29) is 23.0 Å². The summed E-state index contributed by atoms with van der Waals surface area (Å²) >= 11 is 7.30. The van der Waals surface area contributed by atoms with Crippen LogP contribution in [0, 0.1) is 10.1 Å². The number of amides is 1. The zero-order valence-corrected chi connectivity index (χ0v) is 19.0. The Morgan fingerprint density at radius 2 is 2.03 bits per heavy atom. The van der Waals surface area contributed by atoms with Crippen LogP contribution >= 0.6 is 23.4 Å². The summed E-state index contributed by atoms with van der Waals surface area (Å²) in [7, 11) is 3.18. The lowest BCUT2D eigenvalue weighted by molar-refractivity contribution is -0.384. The van der Waals surface area contributed by atoms with Crippen molar-refractivity contribution in [1.29, 1.82) is 0 Å². The fourth-order valence-corrected chi connectivity index (χ4v) is 3.71. The number of hydrogen-bond acceptors (Lipinski definition) is 8. The number of rotatable bonds is 9. The maximum Gasteiger partial charge on any atom is 0.271 e. The van der Waals surface area contributed by atoms with Gasteiger partial charge in [0.05, 0.1) is 28.5 Å². The Hall–Kier alpha value is -3.31. The third-order valence-electron chi connectivity index (χ3n) is 4.37. The van der Waals surface area contributed by atoms with E-state index < -0.39 is 11.0 Å². The van der Waals surface area contributed by atoms with Crippen molar-refractivity contribution >= 4 is 40.6 Å². The second-order valence-electron chi connectivity index (χ2n) is 6.57. The van der Waals surface area contributed by atoms with E-state index in [0.29, 0.717) is 27.5 Å². The minimum Gasteiger partial charge on any atom is -0.495 e. The standard InChI is InChI=1S/C20H20ClN5O5S/c1-12(31-16-7-5-4-6-14(16)21)19-23-24-20(25(19)2)32-11-18(27)22-15-10-13(26(28)29)8-9-17(15)30-3/h4-10,12H,11H2,1-3H3,(H,22,27). The number of halogens is 1. The molecular weight excluding hydrogens is 458 g/mol. The first-order valence-corrected chi connectivity index (χ1v) is 10.7. The molecule has 0 saturated carbocycles. The SMILES string of the molecule is COc1ccc([N+](=O)[O-])cc1NC(=O)CSc1nnc(C(C)Oc2ccccc2Cl)n1C. The van der Waals surface area contributed by atoms with Crippen molar-refractivity contribution < 1.29 is 19.2 Å². The van der Waals surface area contributed by atoms with E-state index in [2.05, 4.69) is 15.5 Å². The Kier molecular flexibility index (Phi) is 7.54. The lowest BCUT2D eigenvalue weighted by Crippen LogP contribution is -2.15. The molecule has 0 aliphatic heterocycles. The van der Waals surface area contributed by atoms with Crippen molar-refractivity contribution in [1.82, 2.24) is 14.8 Å². The molecule has 3 rings (SSSR count). The van der Waals surface area contributed by atoms with Crippen LogP contribution in [0.2, 0.25) is 5.02 Å². The summed E-state index contributed by atoms with van der Waals surface area (Å²) in [5, 5.41) is 22.9. The lowest BCUT2D eigenvalue weighted by Gasteiger charge is -2.15. The van der Waals surface area contributed by atoms with Crippen LogP contribution in [0.5, 0.6) is 11.5 Å². The third kappa shape index (κ3) is 5.48. The molecule has 0 aliphatic carbocycles. The second kappa shape index (κ2) is 10.3. The molecule has 0 saturated heterocycles. The van der Waals surface area contributed by atoms with Gasteiger partial charge < -0.3 is 19.4 Å². The maximum atomic E-state index is 12.4. The molecule has 1 unspecified atom stereocenters. The fourth-order valence-electron chi connectivity index (χ4n) is 2.81. The van der Waals surface area contributed by atoms with Gasteiger partial charge in [0.15, 0.2) is 17.1 Å². The number of non-ortho nitro benzene ring substituents is 1. The van der Waals surface area contributed by atoms with Crippen molar-refractivity contribution in [2.45, 2.75) is 18.2 Å². The minimum atomic E-state index is -0.545. The zero-order valence-electron chi connectivity index (χ0n) is 17.4. The van der Waals surface area contributed by atoms with Gasteiger partial charge in [-0.15, -0.1) is 10.2 Å². The van der Waals surface area contributed by atoms with Crippen molar-refractivity contribution in [3.63, 3.8) is 0 Å². The molecule has 1 amide bonds. The number of ether oxygens (including phenoxy) is 2. The summed E-state index contributed by atoms with van der Waals surface area (Å²) < 4.78 is 12.8. The number of carbonyl (C=O) groups is 1. The van der Waals surface area contributed by atoms with E-state index in [0.717, 1.165) is 0 Å². The first-order valence-electron chi connectivity index (χ1n) is 9.35. The molecule has 32 heavy (non-hydrogen) atoms. The van der Waals surface area contributed by atoms with Gasteiger partial charge in [-0.05, 0) is 25.1 Å². The number of nitro groups is 1. The van der Waals surface area contributed by atoms with Gasteiger partial charge in [0.1, 0.15) is 11.5 Å². The molecule has 1 atom stereocenters. The van der Waals surface area contributed by atoms with Crippen molar-refractivity contribution in [3.8, 4) is 11.5 Å². The number of anilines is 1. The monoisotopic (exact) mass is 477 g/mol. The predicted octanol–water partition coefficient (Wildman–Crippen LogP) is 4.26. The Morgan fingerprint density at radius 1 is 1.28 bits per heavy atom. The summed E-state index contributed by atoms with van der Waals surface area (Å²) in [5.41, 5.74) is 0.0620. The van der Waals surface area contributed by atoms with Gasteiger partial charge in [0, 0.05) is 19.2 Å². The molecule has 0 fully saturated rings. The number of nitro benzene ring substituents is 1. The van der Waals surface area contributed by atoms with Crippen LogP contribution < -0.4 is 14.8 Å². The van der Waals surface area contributed by atoms with Crippen molar-refractivity contribution in [2.75, 3.05) is 18.2 Å². The van der Waals surface area contributed by atoms with E-state index >= 15 is 0 Å². The number of aromatic nitrogens is 3. The van der Waals surface area contributed by atoms with Gasteiger partial charge >= 0.3 is 0 Å². The average molecular weight is 478 g/mol. The third-order valence-corrected chi connectivity index (χ3v) is 5.71. The highest BCUT2D eigenvalue weighted by atomic mass is 35.5. The van der Waals surface area contributed by atoms with Crippen LogP contribution in [0.1, 0.15) is 18.9 Å². The molecule has 10 nitrogen and oxygen atoms in total. The summed E-state index contributed by atoms with van der Waals surface area (Å²) in [6.07, 6.45) is -0.426. The molecule has 168 valence electrons. The molecule has 1 N–H and O–H groups in total. The van der Waals surface area contributed by atoms with Crippen molar-refractivity contribution in [3.05, 3.63) is 63.4 Å².